The van der Waals surface area contributed by atoms with Crippen molar-refractivity contribution in [2.75, 3.05) is 13.7 Å². The highest BCUT2D eigenvalue weighted by molar-refractivity contribution is 5.21. The van der Waals surface area contributed by atoms with Gasteiger partial charge in [0.25, 0.3) is 0 Å². The van der Waals surface area contributed by atoms with Crippen molar-refractivity contribution >= 4 is 0 Å². The number of benzene rings is 1. The highest BCUT2D eigenvalue weighted by atomic mass is 19.1. The minimum Gasteiger partial charge on any atom is -0.385 e. The normalized spacial score (nSPS) is 15.3. The van der Waals surface area contributed by atoms with E-state index in [0.717, 1.165) is 18.6 Å². The van der Waals surface area contributed by atoms with Gasteiger partial charge in [0.2, 0.25) is 0 Å². The molecule has 0 bridgehead atoms. The fraction of sp³-hybridized carbons (Fsp3) is 0.625. The Morgan fingerprint density at radius 2 is 1.79 bits per heavy atom. The van der Waals surface area contributed by atoms with Crippen LogP contribution >= 0.6 is 0 Å². The number of hydrogen-bond donors (Lipinski definition) is 1. The van der Waals surface area contributed by atoms with Crippen molar-refractivity contribution in [1.29, 1.82) is 0 Å². The van der Waals surface area contributed by atoms with Crippen LogP contribution in [-0.4, -0.2) is 19.8 Å². The second-order valence-electron chi connectivity index (χ2n) is 6.20. The van der Waals surface area contributed by atoms with Crippen LogP contribution in [0.2, 0.25) is 0 Å². The van der Waals surface area contributed by atoms with Gasteiger partial charge in [0.15, 0.2) is 0 Å². The van der Waals surface area contributed by atoms with E-state index in [2.05, 4.69) is 33.0 Å². The van der Waals surface area contributed by atoms with Gasteiger partial charge in [-0.1, -0.05) is 32.9 Å². The lowest BCUT2D eigenvalue weighted by atomic mass is 9.82. The topological polar surface area (TPSA) is 21.3 Å². The lowest BCUT2D eigenvalue weighted by molar-refractivity contribution is 0.173. The summed E-state index contributed by atoms with van der Waals surface area (Å²) in [6.07, 6.45) is 0.963. The molecule has 1 aromatic carbocycles. The van der Waals surface area contributed by atoms with Gasteiger partial charge in [0.1, 0.15) is 5.82 Å². The summed E-state index contributed by atoms with van der Waals surface area (Å²) in [5.74, 6) is -0.191. The molecule has 0 saturated carbocycles. The van der Waals surface area contributed by atoms with Crippen LogP contribution in [-0.2, 0) is 4.74 Å². The summed E-state index contributed by atoms with van der Waals surface area (Å²) in [6, 6.07) is 7.32. The smallest absolute Gasteiger partial charge is 0.123 e. The van der Waals surface area contributed by atoms with E-state index in [-0.39, 0.29) is 17.3 Å². The number of rotatable bonds is 6. The minimum atomic E-state index is -0.191. The summed E-state index contributed by atoms with van der Waals surface area (Å²) >= 11 is 0. The van der Waals surface area contributed by atoms with E-state index in [0.29, 0.717) is 6.04 Å². The van der Waals surface area contributed by atoms with Crippen LogP contribution in [0.3, 0.4) is 0 Å². The number of hydrogen-bond acceptors (Lipinski definition) is 2. The fourth-order valence-corrected chi connectivity index (χ4v) is 2.16. The molecule has 2 atom stereocenters. The van der Waals surface area contributed by atoms with Crippen molar-refractivity contribution < 1.29 is 9.13 Å². The largest absolute Gasteiger partial charge is 0.385 e. The zero-order valence-corrected chi connectivity index (χ0v) is 12.7. The second-order valence-corrected chi connectivity index (χ2v) is 6.20. The van der Waals surface area contributed by atoms with Gasteiger partial charge in [-0.15, -0.1) is 0 Å². The van der Waals surface area contributed by atoms with Crippen LogP contribution in [0.5, 0.6) is 0 Å². The first-order chi connectivity index (χ1) is 8.84. The van der Waals surface area contributed by atoms with Crippen molar-refractivity contribution in [3.63, 3.8) is 0 Å². The van der Waals surface area contributed by atoms with Crippen LogP contribution in [0, 0.1) is 11.2 Å². The van der Waals surface area contributed by atoms with Gasteiger partial charge in [0, 0.05) is 25.8 Å². The van der Waals surface area contributed by atoms with Crippen molar-refractivity contribution in [2.45, 2.75) is 46.2 Å². The average molecular weight is 267 g/mol. The number of ether oxygens (including phenoxy) is 1. The molecule has 19 heavy (non-hydrogen) atoms. The lowest BCUT2D eigenvalue weighted by Gasteiger charge is -2.34. The molecule has 2 unspecified atom stereocenters. The van der Waals surface area contributed by atoms with Gasteiger partial charge < -0.3 is 10.1 Å². The molecule has 108 valence electrons. The molecule has 0 spiro atoms. The molecule has 2 nitrogen and oxygen atoms in total. The van der Waals surface area contributed by atoms with E-state index in [1.807, 2.05) is 12.1 Å². The third kappa shape index (κ3) is 5.29. The molecule has 1 aromatic rings. The van der Waals surface area contributed by atoms with E-state index in [1.54, 1.807) is 7.11 Å². The van der Waals surface area contributed by atoms with E-state index in [9.17, 15) is 4.39 Å². The predicted molar refractivity (Wildman–Crippen MR) is 77.7 cm³/mol. The monoisotopic (exact) mass is 267 g/mol. The number of nitrogens with one attached hydrogen (secondary N) is 1. The van der Waals surface area contributed by atoms with Gasteiger partial charge in [-0.25, -0.2) is 4.39 Å². The Morgan fingerprint density at radius 1 is 1.21 bits per heavy atom. The summed E-state index contributed by atoms with van der Waals surface area (Å²) in [5, 5.41) is 3.63. The molecule has 0 aliphatic heterocycles. The standard InChI is InChI=1S/C16H26FNO/c1-12(10-11-19-5)18-15(16(2,3)4)13-6-8-14(17)9-7-13/h6-9,12,15,18H,10-11H2,1-5H3. The molecule has 0 radical (unpaired) electrons. The maximum absolute atomic E-state index is 13.0. The van der Waals surface area contributed by atoms with E-state index < -0.39 is 0 Å². The summed E-state index contributed by atoms with van der Waals surface area (Å²) in [6.45, 7) is 9.47. The van der Waals surface area contributed by atoms with E-state index >= 15 is 0 Å². The van der Waals surface area contributed by atoms with Gasteiger partial charge >= 0.3 is 0 Å². The van der Waals surface area contributed by atoms with Crippen molar-refractivity contribution in [2.24, 2.45) is 5.41 Å². The van der Waals surface area contributed by atoms with Crippen LogP contribution in [0.1, 0.15) is 45.7 Å². The average Bonchev–Trinajstić information content (AvgIpc) is 2.33. The Bertz CT molecular complexity index is 369. The summed E-state index contributed by atoms with van der Waals surface area (Å²) in [7, 11) is 1.72. The first kappa shape index (κ1) is 16.1. The molecular weight excluding hydrogens is 241 g/mol. The van der Waals surface area contributed by atoms with Crippen molar-refractivity contribution in [3.05, 3.63) is 35.6 Å². The molecule has 0 amide bonds. The van der Waals surface area contributed by atoms with E-state index in [1.165, 1.54) is 12.1 Å². The number of halogens is 1. The Balaban J connectivity index is 2.81. The molecule has 0 fully saturated rings. The Morgan fingerprint density at radius 3 is 2.26 bits per heavy atom. The first-order valence-corrected chi connectivity index (χ1v) is 6.85. The van der Waals surface area contributed by atoms with Crippen molar-refractivity contribution in [1.82, 2.24) is 5.32 Å². The lowest BCUT2D eigenvalue weighted by Crippen LogP contribution is -2.38. The Hall–Kier alpha value is -0.930. The summed E-state index contributed by atoms with van der Waals surface area (Å²) in [4.78, 5) is 0. The SMILES string of the molecule is COCCC(C)NC(c1ccc(F)cc1)C(C)(C)C. The molecule has 0 saturated heterocycles. The zero-order valence-electron chi connectivity index (χ0n) is 12.7. The first-order valence-electron chi connectivity index (χ1n) is 6.85. The third-order valence-corrected chi connectivity index (χ3v) is 3.28. The van der Waals surface area contributed by atoms with Crippen LogP contribution < -0.4 is 5.32 Å². The quantitative estimate of drug-likeness (QED) is 0.843. The molecule has 0 heterocycles. The summed E-state index contributed by atoms with van der Waals surface area (Å²) in [5.41, 5.74) is 1.19. The van der Waals surface area contributed by atoms with Crippen LogP contribution in [0.15, 0.2) is 24.3 Å². The maximum atomic E-state index is 13.0. The highest BCUT2D eigenvalue weighted by Gasteiger charge is 2.27. The molecule has 0 aromatic heterocycles. The Labute approximate surface area is 116 Å². The van der Waals surface area contributed by atoms with Gasteiger partial charge in [-0.05, 0) is 36.5 Å². The molecular formula is C16H26FNO. The van der Waals surface area contributed by atoms with Gasteiger partial charge in [-0.2, -0.15) is 0 Å². The molecule has 1 N–H and O–H groups in total. The van der Waals surface area contributed by atoms with E-state index in [4.69, 9.17) is 4.74 Å². The van der Waals surface area contributed by atoms with Crippen LogP contribution in [0.25, 0.3) is 0 Å². The van der Waals surface area contributed by atoms with Gasteiger partial charge in [0.05, 0.1) is 0 Å². The molecule has 3 heteroatoms. The molecule has 0 aliphatic rings. The third-order valence-electron chi connectivity index (χ3n) is 3.28. The minimum absolute atomic E-state index is 0.0686. The number of methoxy groups -OCH3 is 1. The summed E-state index contributed by atoms with van der Waals surface area (Å²) < 4.78 is 18.2. The predicted octanol–water partition coefficient (Wildman–Crippen LogP) is 3.93. The Kier molecular flexibility index (Phi) is 5.95. The van der Waals surface area contributed by atoms with Crippen LogP contribution in [0.4, 0.5) is 4.39 Å². The van der Waals surface area contributed by atoms with Gasteiger partial charge in [-0.3, -0.25) is 0 Å². The van der Waals surface area contributed by atoms with Crippen molar-refractivity contribution in [3.8, 4) is 0 Å². The second kappa shape index (κ2) is 7.01. The molecule has 1 rings (SSSR count). The highest BCUT2D eigenvalue weighted by Crippen LogP contribution is 2.33. The fourth-order valence-electron chi connectivity index (χ4n) is 2.16. The maximum Gasteiger partial charge on any atom is 0.123 e. The zero-order chi connectivity index (χ0) is 14.5. The molecule has 0 aliphatic carbocycles.